The van der Waals surface area contributed by atoms with Crippen molar-refractivity contribution < 1.29 is 9.53 Å². The molecule has 0 spiro atoms. The minimum absolute atomic E-state index is 0.383. The van der Waals surface area contributed by atoms with E-state index in [1.165, 1.54) is 6.92 Å². The largest absolute Gasteiger partial charge is 0.422 e. The van der Waals surface area contributed by atoms with Crippen molar-refractivity contribution in [1.29, 1.82) is 0 Å². The van der Waals surface area contributed by atoms with Gasteiger partial charge in [0.15, 0.2) is 5.75 Å². The molecule has 0 saturated heterocycles. The number of carbonyl (C=O) groups is 1. The van der Waals surface area contributed by atoms with E-state index < -0.39 is 0 Å². The highest BCUT2D eigenvalue weighted by molar-refractivity contribution is 5.76. The number of rotatable bonds is 3. The molecule has 0 radical (unpaired) electrons. The van der Waals surface area contributed by atoms with Crippen LogP contribution in [0.3, 0.4) is 0 Å². The Labute approximate surface area is 118 Å². The van der Waals surface area contributed by atoms with Gasteiger partial charge in [-0.2, -0.15) is 0 Å². The first-order valence-electron chi connectivity index (χ1n) is 6.29. The number of hydrogen-bond donors (Lipinski definition) is 0. The number of aromatic nitrogens is 2. The fourth-order valence-electron chi connectivity index (χ4n) is 1.81. The quantitative estimate of drug-likeness (QED) is 0.803. The van der Waals surface area contributed by atoms with E-state index in [0.717, 1.165) is 5.56 Å². The number of aryl methyl sites for hydroxylation is 1. The highest BCUT2D eigenvalue weighted by atomic mass is 16.5. The van der Waals surface area contributed by atoms with Gasteiger partial charge in [0.25, 0.3) is 0 Å². The van der Waals surface area contributed by atoms with Crippen molar-refractivity contribution in [3.05, 3.63) is 36.0 Å². The molecule has 0 aliphatic rings. The number of benzene rings is 1. The molecule has 0 aliphatic carbocycles. The van der Waals surface area contributed by atoms with E-state index in [9.17, 15) is 4.79 Å². The van der Waals surface area contributed by atoms with Crippen molar-refractivity contribution in [2.75, 3.05) is 19.0 Å². The zero-order valence-corrected chi connectivity index (χ0v) is 12.0. The molecule has 2 aromatic rings. The molecule has 0 fully saturated rings. The van der Waals surface area contributed by atoms with Gasteiger partial charge in [0.1, 0.15) is 5.69 Å². The molecule has 0 saturated carbocycles. The molecular weight excluding hydrogens is 254 g/mol. The van der Waals surface area contributed by atoms with Gasteiger partial charge in [0.2, 0.25) is 5.95 Å². The third-order valence-corrected chi connectivity index (χ3v) is 2.72. The minimum Gasteiger partial charge on any atom is -0.422 e. The third-order valence-electron chi connectivity index (χ3n) is 2.72. The van der Waals surface area contributed by atoms with Gasteiger partial charge in [-0.25, -0.2) is 9.97 Å². The van der Waals surface area contributed by atoms with Gasteiger partial charge < -0.3 is 9.64 Å². The molecule has 104 valence electrons. The summed E-state index contributed by atoms with van der Waals surface area (Å²) in [6, 6.07) is 9.61. The topological polar surface area (TPSA) is 55.3 Å². The third kappa shape index (κ3) is 2.93. The lowest BCUT2D eigenvalue weighted by molar-refractivity contribution is -0.131. The van der Waals surface area contributed by atoms with E-state index in [2.05, 4.69) is 9.97 Å². The summed E-state index contributed by atoms with van der Waals surface area (Å²) in [7, 11) is 3.74. The molecule has 1 aromatic heterocycles. The molecule has 20 heavy (non-hydrogen) atoms. The maximum atomic E-state index is 11.3. The monoisotopic (exact) mass is 271 g/mol. The first-order valence-corrected chi connectivity index (χ1v) is 6.29. The molecule has 0 aliphatic heterocycles. The number of nitrogens with zero attached hydrogens (tertiary/aromatic N) is 3. The zero-order valence-electron chi connectivity index (χ0n) is 12.0. The molecule has 5 nitrogen and oxygen atoms in total. The second-order valence-electron chi connectivity index (χ2n) is 4.64. The van der Waals surface area contributed by atoms with Crippen LogP contribution in [0.1, 0.15) is 12.6 Å². The number of hydrogen-bond acceptors (Lipinski definition) is 5. The van der Waals surface area contributed by atoms with Gasteiger partial charge in [-0.05, 0) is 6.92 Å². The Morgan fingerprint density at radius 1 is 1.15 bits per heavy atom. The van der Waals surface area contributed by atoms with Crippen molar-refractivity contribution in [2.24, 2.45) is 0 Å². The van der Waals surface area contributed by atoms with E-state index in [4.69, 9.17) is 4.74 Å². The molecule has 0 N–H and O–H groups in total. The second-order valence-corrected chi connectivity index (χ2v) is 4.64. The standard InChI is InChI=1S/C15H17N3O2/c1-10-14(20-11(2)19)13(12-8-6-5-7-9-12)17-15(16-10)18(3)4/h5-9H,1-4H3. The average Bonchev–Trinajstić information content (AvgIpc) is 2.41. The smallest absolute Gasteiger partial charge is 0.308 e. The number of ether oxygens (including phenoxy) is 1. The summed E-state index contributed by atoms with van der Waals surface area (Å²) in [6.07, 6.45) is 0. The Balaban J connectivity index is 2.64. The van der Waals surface area contributed by atoms with Crippen molar-refractivity contribution in [1.82, 2.24) is 9.97 Å². The van der Waals surface area contributed by atoms with Crippen LogP contribution >= 0.6 is 0 Å². The predicted octanol–water partition coefficient (Wildman–Crippen LogP) is 2.44. The number of carbonyl (C=O) groups excluding carboxylic acids is 1. The molecule has 0 amide bonds. The Morgan fingerprint density at radius 3 is 2.35 bits per heavy atom. The fourth-order valence-corrected chi connectivity index (χ4v) is 1.81. The summed E-state index contributed by atoms with van der Waals surface area (Å²) < 4.78 is 5.28. The van der Waals surface area contributed by atoms with Crippen molar-refractivity contribution in [3.63, 3.8) is 0 Å². The van der Waals surface area contributed by atoms with Crippen molar-refractivity contribution in [2.45, 2.75) is 13.8 Å². The molecule has 1 heterocycles. The molecule has 2 rings (SSSR count). The summed E-state index contributed by atoms with van der Waals surface area (Å²) in [5.41, 5.74) is 2.15. The Morgan fingerprint density at radius 2 is 1.80 bits per heavy atom. The summed E-state index contributed by atoms with van der Waals surface area (Å²) in [4.78, 5) is 21.9. The number of anilines is 1. The molecule has 5 heteroatoms. The first-order chi connectivity index (χ1) is 9.49. The summed E-state index contributed by atoms with van der Waals surface area (Å²) in [5, 5.41) is 0. The maximum absolute atomic E-state index is 11.3. The zero-order chi connectivity index (χ0) is 14.7. The molecule has 0 bridgehead atoms. The van der Waals surface area contributed by atoms with Gasteiger partial charge in [-0.15, -0.1) is 0 Å². The van der Waals surface area contributed by atoms with Gasteiger partial charge >= 0.3 is 5.97 Å². The van der Waals surface area contributed by atoms with Crippen LogP contribution < -0.4 is 9.64 Å². The SMILES string of the molecule is CC(=O)Oc1c(C)nc(N(C)C)nc1-c1ccccc1. The fraction of sp³-hybridized carbons (Fsp3) is 0.267. The maximum Gasteiger partial charge on any atom is 0.308 e. The summed E-state index contributed by atoms with van der Waals surface area (Å²) in [6.45, 7) is 3.17. The van der Waals surface area contributed by atoms with Crippen molar-refractivity contribution in [3.8, 4) is 17.0 Å². The second kappa shape index (κ2) is 5.69. The van der Waals surface area contributed by atoms with Crippen LogP contribution in [-0.2, 0) is 4.79 Å². The minimum atomic E-state index is -0.383. The lowest BCUT2D eigenvalue weighted by Gasteiger charge is -2.16. The van der Waals surface area contributed by atoms with Crippen LogP contribution in [0.4, 0.5) is 5.95 Å². The van der Waals surface area contributed by atoms with Gasteiger partial charge in [-0.3, -0.25) is 4.79 Å². The van der Waals surface area contributed by atoms with Crippen molar-refractivity contribution >= 4 is 11.9 Å². The van der Waals surface area contributed by atoms with Crippen LogP contribution in [0.15, 0.2) is 30.3 Å². The van der Waals surface area contributed by atoms with Crippen LogP contribution in [0.5, 0.6) is 5.75 Å². The first kappa shape index (κ1) is 14.0. The van der Waals surface area contributed by atoms with Crippen LogP contribution in [0.2, 0.25) is 0 Å². The van der Waals surface area contributed by atoms with Gasteiger partial charge in [0, 0.05) is 26.6 Å². The predicted molar refractivity (Wildman–Crippen MR) is 77.8 cm³/mol. The molecule has 0 unspecified atom stereocenters. The van der Waals surface area contributed by atoms with Gasteiger partial charge in [-0.1, -0.05) is 30.3 Å². The van der Waals surface area contributed by atoms with Gasteiger partial charge in [0.05, 0.1) is 5.69 Å². The lowest BCUT2D eigenvalue weighted by atomic mass is 10.1. The van der Waals surface area contributed by atoms with Crippen LogP contribution in [0, 0.1) is 6.92 Å². The van der Waals surface area contributed by atoms with E-state index in [-0.39, 0.29) is 5.97 Å². The Kier molecular flexibility index (Phi) is 3.98. The van der Waals surface area contributed by atoms with E-state index in [1.54, 1.807) is 6.92 Å². The normalized spacial score (nSPS) is 10.2. The molecule has 1 aromatic carbocycles. The summed E-state index contributed by atoms with van der Waals surface area (Å²) >= 11 is 0. The molecular formula is C15H17N3O2. The average molecular weight is 271 g/mol. The van der Waals surface area contributed by atoms with E-state index in [0.29, 0.717) is 23.1 Å². The Bertz CT molecular complexity index is 625. The highest BCUT2D eigenvalue weighted by Crippen LogP contribution is 2.31. The highest BCUT2D eigenvalue weighted by Gasteiger charge is 2.17. The number of esters is 1. The Hall–Kier alpha value is -2.43. The molecule has 0 atom stereocenters. The summed E-state index contributed by atoms with van der Waals surface area (Å²) in [5.74, 6) is 0.609. The lowest BCUT2D eigenvalue weighted by Crippen LogP contribution is -2.15. The van der Waals surface area contributed by atoms with E-state index >= 15 is 0 Å². The van der Waals surface area contributed by atoms with Crippen LogP contribution in [-0.4, -0.2) is 30.0 Å². The van der Waals surface area contributed by atoms with E-state index in [1.807, 2.05) is 49.3 Å². The van der Waals surface area contributed by atoms with Crippen LogP contribution in [0.25, 0.3) is 11.3 Å².